The number of nitrogens with zero attached hydrogens (tertiary/aromatic N) is 1. The van der Waals surface area contributed by atoms with Crippen LogP contribution in [0.15, 0.2) is 48.5 Å². The highest BCUT2D eigenvalue weighted by Gasteiger charge is 2.26. The summed E-state index contributed by atoms with van der Waals surface area (Å²) in [5.41, 5.74) is 3.37. The van der Waals surface area contributed by atoms with E-state index in [0.29, 0.717) is 12.3 Å². The van der Waals surface area contributed by atoms with E-state index in [0.717, 1.165) is 23.5 Å². The maximum absolute atomic E-state index is 13.1. The molecule has 2 aromatic rings. The standard InChI is InChI=1S/C25H34N2O3S/c1-6-19(3)26-25(29)20(4)27(15-21-11-13-23(30-5)14-12-21)24(28)17-31-16-22-9-7-18(2)8-10-22/h7-14,19-20H,6,15-17H2,1-5H3,(H,26,29)/t19-,20-/m1/s1. The van der Waals surface area contributed by atoms with Gasteiger partial charge in [-0.25, -0.2) is 0 Å². The van der Waals surface area contributed by atoms with E-state index in [2.05, 4.69) is 36.5 Å². The van der Waals surface area contributed by atoms with E-state index in [-0.39, 0.29) is 17.9 Å². The first-order valence-corrected chi connectivity index (χ1v) is 11.9. The fourth-order valence-electron chi connectivity index (χ4n) is 3.00. The van der Waals surface area contributed by atoms with Gasteiger partial charge in [0, 0.05) is 18.3 Å². The zero-order valence-corrected chi connectivity index (χ0v) is 20.0. The second kappa shape index (κ2) is 12.4. The summed E-state index contributed by atoms with van der Waals surface area (Å²) in [5.74, 6) is 1.68. The van der Waals surface area contributed by atoms with Crippen molar-refractivity contribution in [1.82, 2.24) is 10.2 Å². The Kier molecular flexibility index (Phi) is 9.92. The van der Waals surface area contributed by atoms with Crippen molar-refractivity contribution >= 4 is 23.6 Å². The third-order valence-electron chi connectivity index (χ3n) is 5.30. The van der Waals surface area contributed by atoms with Crippen LogP contribution >= 0.6 is 11.8 Å². The van der Waals surface area contributed by atoms with Gasteiger partial charge < -0.3 is 15.0 Å². The molecule has 2 atom stereocenters. The monoisotopic (exact) mass is 442 g/mol. The topological polar surface area (TPSA) is 58.6 Å². The predicted octanol–water partition coefficient (Wildman–Crippen LogP) is 4.57. The molecule has 6 heteroatoms. The molecule has 0 fully saturated rings. The summed E-state index contributed by atoms with van der Waals surface area (Å²) < 4.78 is 5.22. The van der Waals surface area contributed by atoms with Crippen molar-refractivity contribution in [1.29, 1.82) is 0 Å². The number of amides is 2. The van der Waals surface area contributed by atoms with Crippen LogP contribution in [-0.4, -0.2) is 41.7 Å². The first-order chi connectivity index (χ1) is 14.8. The van der Waals surface area contributed by atoms with E-state index in [1.54, 1.807) is 30.7 Å². The van der Waals surface area contributed by atoms with E-state index >= 15 is 0 Å². The van der Waals surface area contributed by atoms with Gasteiger partial charge in [-0.3, -0.25) is 9.59 Å². The average molecular weight is 443 g/mol. The van der Waals surface area contributed by atoms with Gasteiger partial charge in [-0.15, -0.1) is 11.8 Å². The molecule has 0 saturated carbocycles. The third-order valence-corrected chi connectivity index (χ3v) is 6.28. The fourth-order valence-corrected chi connectivity index (χ4v) is 3.87. The summed E-state index contributed by atoms with van der Waals surface area (Å²) in [5, 5.41) is 3.00. The van der Waals surface area contributed by atoms with Crippen LogP contribution in [-0.2, 0) is 21.9 Å². The number of ether oxygens (including phenoxy) is 1. The van der Waals surface area contributed by atoms with Crippen LogP contribution in [0, 0.1) is 6.92 Å². The minimum absolute atomic E-state index is 0.0419. The van der Waals surface area contributed by atoms with Crippen LogP contribution in [0.2, 0.25) is 0 Å². The lowest BCUT2D eigenvalue weighted by Gasteiger charge is -2.29. The molecule has 5 nitrogen and oxygen atoms in total. The lowest BCUT2D eigenvalue weighted by atomic mass is 10.1. The van der Waals surface area contributed by atoms with Crippen LogP contribution < -0.4 is 10.1 Å². The number of rotatable bonds is 11. The Hall–Kier alpha value is -2.47. The summed E-state index contributed by atoms with van der Waals surface area (Å²) in [6.45, 7) is 8.23. The van der Waals surface area contributed by atoms with Crippen molar-refractivity contribution in [3.63, 3.8) is 0 Å². The highest BCUT2D eigenvalue weighted by atomic mass is 32.2. The Labute approximate surface area is 190 Å². The summed E-state index contributed by atoms with van der Waals surface area (Å²) in [7, 11) is 1.62. The van der Waals surface area contributed by atoms with Crippen LogP contribution in [0.4, 0.5) is 0 Å². The number of hydrogen-bond donors (Lipinski definition) is 1. The predicted molar refractivity (Wildman–Crippen MR) is 128 cm³/mol. The molecule has 0 aliphatic carbocycles. The fraction of sp³-hybridized carbons (Fsp3) is 0.440. The highest BCUT2D eigenvalue weighted by Crippen LogP contribution is 2.18. The maximum Gasteiger partial charge on any atom is 0.242 e. The third kappa shape index (κ3) is 7.94. The zero-order valence-electron chi connectivity index (χ0n) is 19.2. The largest absolute Gasteiger partial charge is 0.497 e. The van der Waals surface area contributed by atoms with Crippen LogP contribution in [0.1, 0.15) is 43.9 Å². The normalized spacial score (nSPS) is 12.7. The number of methoxy groups -OCH3 is 1. The molecule has 0 aromatic heterocycles. The molecule has 0 aliphatic rings. The SMILES string of the molecule is CC[C@@H](C)NC(=O)[C@@H](C)N(Cc1ccc(OC)cc1)C(=O)CSCc1ccc(C)cc1. The summed E-state index contributed by atoms with van der Waals surface area (Å²) in [4.78, 5) is 27.5. The lowest BCUT2D eigenvalue weighted by molar-refractivity contribution is -0.138. The Morgan fingerprint density at radius 3 is 2.23 bits per heavy atom. The van der Waals surface area contributed by atoms with Crippen molar-refractivity contribution in [2.45, 2.75) is 58.5 Å². The van der Waals surface area contributed by atoms with E-state index in [1.807, 2.05) is 38.1 Å². The molecule has 0 bridgehead atoms. The van der Waals surface area contributed by atoms with Crippen molar-refractivity contribution in [3.05, 3.63) is 65.2 Å². The molecule has 0 radical (unpaired) electrons. The van der Waals surface area contributed by atoms with Gasteiger partial charge in [0.15, 0.2) is 0 Å². The molecule has 0 heterocycles. The number of carbonyl (C=O) groups is 2. The molecule has 1 N–H and O–H groups in total. The second-order valence-electron chi connectivity index (χ2n) is 7.84. The molecule has 0 aliphatic heterocycles. The average Bonchev–Trinajstić information content (AvgIpc) is 2.78. The van der Waals surface area contributed by atoms with Crippen molar-refractivity contribution in [2.24, 2.45) is 0 Å². The summed E-state index contributed by atoms with van der Waals surface area (Å²) >= 11 is 1.57. The van der Waals surface area contributed by atoms with Crippen molar-refractivity contribution < 1.29 is 14.3 Å². The molecule has 168 valence electrons. The lowest BCUT2D eigenvalue weighted by Crippen LogP contribution is -2.50. The molecule has 31 heavy (non-hydrogen) atoms. The molecule has 0 spiro atoms. The van der Waals surface area contributed by atoms with Gasteiger partial charge in [0.2, 0.25) is 11.8 Å². The Bertz CT molecular complexity index is 837. The first-order valence-electron chi connectivity index (χ1n) is 10.7. The number of nitrogens with one attached hydrogen (secondary N) is 1. The molecular weight excluding hydrogens is 408 g/mol. The van der Waals surface area contributed by atoms with Crippen LogP contribution in [0.3, 0.4) is 0 Å². The van der Waals surface area contributed by atoms with Crippen LogP contribution in [0.5, 0.6) is 5.75 Å². The molecule has 2 aromatic carbocycles. The number of hydrogen-bond acceptors (Lipinski definition) is 4. The van der Waals surface area contributed by atoms with Gasteiger partial charge in [-0.2, -0.15) is 0 Å². The second-order valence-corrected chi connectivity index (χ2v) is 8.83. The Balaban J connectivity index is 2.07. The first kappa shape index (κ1) is 24.8. The number of benzene rings is 2. The van der Waals surface area contributed by atoms with Gasteiger partial charge in [0.05, 0.1) is 12.9 Å². The van der Waals surface area contributed by atoms with Crippen molar-refractivity contribution in [3.8, 4) is 5.75 Å². The van der Waals surface area contributed by atoms with Gasteiger partial charge in [-0.1, -0.05) is 48.9 Å². The van der Waals surface area contributed by atoms with E-state index in [4.69, 9.17) is 4.74 Å². The molecule has 2 amide bonds. The van der Waals surface area contributed by atoms with Crippen molar-refractivity contribution in [2.75, 3.05) is 12.9 Å². The van der Waals surface area contributed by atoms with Gasteiger partial charge in [0.1, 0.15) is 11.8 Å². The molecule has 0 saturated heterocycles. The smallest absolute Gasteiger partial charge is 0.242 e. The molecular formula is C25H34N2O3S. The zero-order chi connectivity index (χ0) is 22.8. The minimum Gasteiger partial charge on any atom is -0.497 e. The Morgan fingerprint density at radius 2 is 1.65 bits per heavy atom. The maximum atomic E-state index is 13.1. The number of carbonyl (C=O) groups excluding carboxylic acids is 2. The molecule has 0 unspecified atom stereocenters. The number of aryl methyl sites for hydroxylation is 1. The minimum atomic E-state index is -0.552. The molecule has 2 rings (SSSR count). The van der Waals surface area contributed by atoms with Gasteiger partial charge in [0.25, 0.3) is 0 Å². The summed E-state index contributed by atoms with van der Waals surface area (Å²) in [6.07, 6.45) is 0.845. The van der Waals surface area contributed by atoms with Crippen LogP contribution in [0.25, 0.3) is 0 Å². The van der Waals surface area contributed by atoms with Gasteiger partial charge in [-0.05, 0) is 50.5 Å². The van der Waals surface area contributed by atoms with E-state index < -0.39 is 6.04 Å². The highest BCUT2D eigenvalue weighted by molar-refractivity contribution is 7.99. The quantitative estimate of drug-likeness (QED) is 0.554. The Morgan fingerprint density at radius 1 is 1.03 bits per heavy atom. The van der Waals surface area contributed by atoms with E-state index in [9.17, 15) is 9.59 Å². The number of thioether (sulfide) groups is 1. The van der Waals surface area contributed by atoms with E-state index in [1.165, 1.54) is 11.1 Å². The summed E-state index contributed by atoms with van der Waals surface area (Å²) in [6, 6.07) is 15.4. The van der Waals surface area contributed by atoms with Gasteiger partial charge >= 0.3 is 0 Å².